The number of nitrogens with two attached hydrogens (primary N) is 1. The third kappa shape index (κ3) is 3.55. The summed E-state index contributed by atoms with van der Waals surface area (Å²) in [6.07, 6.45) is -2.30. The van der Waals surface area contributed by atoms with Gasteiger partial charge in [-0.1, -0.05) is 0 Å². The molecule has 2 aliphatic rings. The zero-order chi connectivity index (χ0) is 22.0. The third-order valence-corrected chi connectivity index (χ3v) is 6.35. The second-order valence-electron chi connectivity index (χ2n) is 8.22. The van der Waals surface area contributed by atoms with Crippen LogP contribution in [0.25, 0.3) is 5.52 Å². The lowest BCUT2D eigenvalue weighted by molar-refractivity contribution is -0.212. The summed E-state index contributed by atoms with van der Waals surface area (Å²) in [5.74, 6) is -2.25. The van der Waals surface area contributed by atoms with Crippen molar-refractivity contribution in [3.05, 3.63) is 45.1 Å². The highest BCUT2D eigenvalue weighted by Gasteiger charge is 2.57. The molecule has 1 atom stereocenters. The Kier molecular flexibility index (Phi) is 5.77. The molecular weight excluding hydrogens is 442 g/mol. The molecule has 2 aromatic rings. The van der Waals surface area contributed by atoms with Crippen LogP contribution in [0.3, 0.4) is 0 Å². The second-order valence-corrected chi connectivity index (χ2v) is 8.22. The number of carboxylic acids is 1. The smallest absolute Gasteiger partial charge is 0.397 e. The van der Waals surface area contributed by atoms with Crippen molar-refractivity contribution in [1.82, 2.24) is 4.40 Å². The van der Waals surface area contributed by atoms with Crippen LogP contribution in [0.15, 0.2) is 17.1 Å². The van der Waals surface area contributed by atoms with E-state index in [-0.39, 0.29) is 37.0 Å². The van der Waals surface area contributed by atoms with E-state index in [0.717, 1.165) is 23.4 Å². The molecule has 4 rings (SSSR count). The van der Waals surface area contributed by atoms with Gasteiger partial charge in [0.2, 0.25) is 0 Å². The number of anilines is 1. The van der Waals surface area contributed by atoms with Crippen LogP contribution in [0.5, 0.6) is 0 Å². The van der Waals surface area contributed by atoms with Crippen LogP contribution >= 0.6 is 12.4 Å². The fraction of sp³-hybridized carbons (Fsp3) is 0.500. The van der Waals surface area contributed by atoms with E-state index in [9.17, 15) is 27.9 Å². The number of aromatic nitrogens is 1. The van der Waals surface area contributed by atoms with Crippen LogP contribution < -0.4 is 16.2 Å². The fourth-order valence-corrected chi connectivity index (χ4v) is 4.47. The molecule has 1 unspecified atom stereocenters. The molecule has 2 aromatic heterocycles. The fourth-order valence-electron chi connectivity index (χ4n) is 4.47. The number of aryl methyl sites for hydroxylation is 1. The van der Waals surface area contributed by atoms with E-state index in [2.05, 4.69) is 0 Å². The number of aromatic carboxylic acids is 1. The van der Waals surface area contributed by atoms with Crippen molar-refractivity contribution in [2.75, 3.05) is 24.5 Å². The molecular formula is C20H22ClF4N3O3. The summed E-state index contributed by atoms with van der Waals surface area (Å²) in [4.78, 5) is 25.4. The number of carboxylic acid groups (broad SMARTS) is 1. The maximum atomic E-state index is 15.1. The standard InChI is InChI=1S/C20H21F4N3O3.ClH/c1-10-15-12(11-2-3-11)6-13(18(29)30)17(28)27(15)7-14(21)16(10)26-5-4-19(8-25,9-26)20(22,23)24;/h6-7,11H,2-5,8-9,25H2,1H3,(H,29,30);1H. The number of halogens is 5. The molecule has 1 saturated carbocycles. The molecule has 0 radical (unpaired) electrons. The van der Waals surface area contributed by atoms with Gasteiger partial charge in [-0.3, -0.25) is 9.20 Å². The zero-order valence-corrected chi connectivity index (χ0v) is 17.4. The number of hydrogen-bond acceptors (Lipinski definition) is 4. The Morgan fingerprint density at radius 2 is 2.00 bits per heavy atom. The Labute approximate surface area is 181 Å². The van der Waals surface area contributed by atoms with E-state index < -0.39 is 47.6 Å². The lowest BCUT2D eigenvalue weighted by atomic mass is 9.86. The first-order chi connectivity index (χ1) is 14.0. The number of alkyl halides is 3. The van der Waals surface area contributed by atoms with E-state index in [0.29, 0.717) is 16.6 Å². The summed E-state index contributed by atoms with van der Waals surface area (Å²) in [6.45, 7) is 0.448. The van der Waals surface area contributed by atoms with Crippen molar-refractivity contribution in [1.29, 1.82) is 0 Å². The van der Waals surface area contributed by atoms with Crippen LogP contribution in [0, 0.1) is 18.2 Å². The van der Waals surface area contributed by atoms with Gasteiger partial charge in [0.15, 0.2) is 5.82 Å². The van der Waals surface area contributed by atoms with Crippen molar-refractivity contribution >= 4 is 29.6 Å². The highest BCUT2D eigenvalue weighted by molar-refractivity contribution is 5.89. The Morgan fingerprint density at radius 3 is 2.48 bits per heavy atom. The normalized spacial score (nSPS) is 21.4. The minimum Gasteiger partial charge on any atom is -0.477 e. The maximum Gasteiger partial charge on any atom is 0.397 e. The van der Waals surface area contributed by atoms with Gasteiger partial charge in [0.05, 0.1) is 22.8 Å². The van der Waals surface area contributed by atoms with Crippen molar-refractivity contribution in [3.8, 4) is 0 Å². The topological polar surface area (TPSA) is 88.0 Å². The molecule has 0 amide bonds. The third-order valence-electron chi connectivity index (χ3n) is 6.35. The van der Waals surface area contributed by atoms with Crippen LogP contribution in [-0.4, -0.2) is 41.3 Å². The van der Waals surface area contributed by atoms with Crippen LogP contribution in [0.1, 0.15) is 46.7 Å². The number of fused-ring (bicyclic) bond motifs is 1. The van der Waals surface area contributed by atoms with Gasteiger partial charge in [-0.2, -0.15) is 13.2 Å². The molecule has 0 spiro atoms. The number of rotatable bonds is 4. The molecule has 1 saturated heterocycles. The van der Waals surface area contributed by atoms with E-state index in [4.69, 9.17) is 5.73 Å². The summed E-state index contributed by atoms with van der Waals surface area (Å²) in [5.41, 5.74) is 3.29. The predicted octanol–water partition coefficient (Wildman–Crippen LogP) is 3.46. The van der Waals surface area contributed by atoms with Crippen LogP contribution in [0.2, 0.25) is 0 Å². The molecule has 3 N–H and O–H groups in total. The van der Waals surface area contributed by atoms with Gasteiger partial charge in [0.1, 0.15) is 5.56 Å². The first-order valence-corrected chi connectivity index (χ1v) is 9.64. The van der Waals surface area contributed by atoms with Crippen LogP contribution in [-0.2, 0) is 0 Å². The highest BCUT2D eigenvalue weighted by atomic mass is 35.5. The monoisotopic (exact) mass is 463 g/mol. The molecule has 2 fully saturated rings. The summed E-state index contributed by atoms with van der Waals surface area (Å²) < 4.78 is 56.9. The van der Waals surface area contributed by atoms with Crippen molar-refractivity contribution in [2.24, 2.45) is 11.1 Å². The van der Waals surface area contributed by atoms with Crippen LogP contribution in [0.4, 0.5) is 23.2 Å². The van der Waals surface area contributed by atoms with Gasteiger partial charge in [-0.15, -0.1) is 12.4 Å². The maximum absolute atomic E-state index is 15.1. The molecule has 1 aliphatic carbocycles. The van der Waals surface area contributed by atoms with Gasteiger partial charge in [0, 0.05) is 19.6 Å². The largest absolute Gasteiger partial charge is 0.477 e. The molecule has 170 valence electrons. The minimum absolute atomic E-state index is 0. The van der Waals surface area contributed by atoms with E-state index in [1.54, 1.807) is 6.92 Å². The minimum atomic E-state index is -4.52. The van der Waals surface area contributed by atoms with Crippen molar-refractivity contribution in [3.63, 3.8) is 0 Å². The molecule has 0 bridgehead atoms. The first-order valence-electron chi connectivity index (χ1n) is 9.64. The number of carbonyl (C=O) groups is 1. The number of hydrogen-bond donors (Lipinski definition) is 2. The molecule has 0 aromatic carbocycles. The lowest BCUT2D eigenvalue weighted by Crippen LogP contribution is -2.46. The average Bonchev–Trinajstić information content (AvgIpc) is 3.40. The van der Waals surface area contributed by atoms with Gasteiger partial charge < -0.3 is 15.7 Å². The van der Waals surface area contributed by atoms with E-state index in [1.165, 1.54) is 11.0 Å². The average molecular weight is 464 g/mol. The van der Waals surface area contributed by atoms with Gasteiger partial charge in [-0.05, 0) is 49.3 Å². The molecule has 31 heavy (non-hydrogen) atoms. The first kappa shape index (κ1) is 23.3. The Balaban J connectivity index is 0.00000272. The summed E-state index contributed by atoms with van der Waals surface area (Å²) in [7, 11) is 0. The molecule has 3 heterocycles. The highest BCUT2D eigenvalue weighted by Crippen LogP contribution is 2.48. The quantitative estimate of drug-likeness (QED) is 0.678. The number of nitrogens with zero attached hydrogens (tertiary/aromatic N) is 2. The Bertz CT molecular complexity index is 1110. The van der Waals surface area contributed by atoms with Gasteiger partial charge >= 0.3 is 12.1 Å². The SMILES string of the molecule is Cc1c(N2CCC(CN)(C(F)(F)F)C2)c(F)cn2c(=O)c(C(=O)O)cc(C3CC3)c12.Cl. The van der Waals surface area contributed by atoms with Gasteiger partial charge in [-0.25, -0.2) is 9.18 Å². The van der Waals surface area contributed by atoms with E-state index in [1.807, 2.05) is 0 Å². The molecule has 11 heteroatoms. The molecule has 1 aliphatic heterocycles. The zero-order valence-electron chi connectivity index (χ0n) is 16.6. The number of pyridine rings is 2. The predicted molar refractivity (Wildman–Crippen MR) is 109 cm³/mol. The Hall–Kier alpha value is -2.33. The summed E-state index contributed by atoms with van der Waals surface area (Å²) in [5, 5.41) is 9.34. The Morgan fingerprint density at radius 1 is 1.35 bits per heavy atom. The second kappa shape index (κ2) is 7.67. The van der Waals surface area contributed by atoms with Gasteiger partial charge in [0.25, 0.3) is 5.56 Å². The molecule has 6 nitrogen and oxygen atoms in total. The van der Waals surface area contributed by atoms with E-state index >= 15 is 4.39 Å². The lowest BCUT2D eigenvalue weighted by Gasteiger charge is -2.31. The van der Waals surface area contributed by atoms with Crippen molar-refractivity contribution in [2.45, 2.75) is 38.3 Å². The summed E-state index contributed by atoms with van der Waals surface area (Å²) in [6, 6.07) is 1.32. The van der Waals surface area contributed by atoms with Crippen molar-refractivity contribution < 1.29 is 27.5 Å². The summed E-state index contributed by atoms with van der Waals surface area (Å²) >= 11 is 0.